The van der Waals surface area contributed by atoms with E-state index in [-0.39, 0.29) is 24.1 Å². The molecule has 0 aliphatic rings. The van der Waals surface area contributed by atoms with Gasteiger partial charge in [0.25, 0.3) is 11.8 Å². The van der Waals surface area contributed by atoms with Gasteiger partial charge in [0.05, 0.1) is 12.4 Å². The van der Waals surface area contributed by atoms with Crippen LogP contribution in [-0.4, -0.2) is 26.8 Å². The lowest BCUT2D eigenvalue weighted by atomic mass is 10.2. The summed E-state index contributed by atoms with van der Waals surface area (Å²) in [7, 11) is 0. The highest BCUT2D eigenvalue weighted by Gasteiger charge is 2.10. The average Bonchev–Trinajstić information content (AvgIpc) is 2.69. The van der Waals surface area contributed by atoms with Crippen LogP contribution in [0.3, 0.4) is 0 Å². The molecular weight excluding hydrogens is 370 g/mol. The summed E-state index contributed by atoms with van der Waals surface area (Å²) >= 11 is 6.18. The molecule has 3 rings (SSSR count). The number of halogens is 1. The fourth-order valence-electron chi connectivity index (χ4n) is 2.14. The molecule has 8 nitrogen and oxygen atoms in total. The second-order valence-electron chi connectivity index (χ2n) is 5.37. The van der Waals surface area contributed by atoms with Crippen LogP contribution in [0, 0.1) is 0 Å². The molecule has 2 amide bonds. The van der Waals surface area contributed by atoms with Crippen LogP contribution in [0.15, 0.2) is 55.0 Å². The van der Waals surface area contributed by atoms with E-state index in [4.69, 9.17) is 22.1 Å². The van der Waals surface area contributed by atoms with Gasteiger partial charge in [0.15, 0.2) is 0 Å². The first-order valence-electron chi connectivity index (χ1n) is 7.78. The molecular formula is C18H14ClN5O3. The molecule has 136 valence electrons. The van der Waals surface area contributed by atoms with E-state index in [1.54, 1.807) is 36.4 Å². The van der Waals surface area contributed by atoms with E-state index >= 15 is 0 Å². The quantitative estimate of drug-likeness (QED) is 0.674. The predicted molar refractivity (Wildman–Crippen MR) is 98.5 cm³/mol. The summed E-state index contributed by atoms with van der Waals surface area (Å²) in [6.07, 6.45) is 4.14. The van der Waals surface area contributed by atoms with E-state index in [0.717, 1.165) is 0 Å². The maximum atomic E-state index is 12.2. The van der Waals surface area contributed by atoms with Gasteiger partial charge in [0, 0.05) is 22.5 Å². The second kappa shape index (κ2) is 8.24. The molecule has 0 bridgehead atoms. The molecule has 0 atom stereocenters. The van der Waals surface area contributed by atoms with Crippen LogP contribution in [-0.2, 0) is 6.61 Å². The smallest absolute Gasteiger partial charge is 0.274 e. The number of carbonyl (C=O) groups excluding carboxylic acids is 2. The van der Waals surface area contributed by atoms with Gasteiger partial charge in [-0.2, -0.15) is 0 Å². The van der Waals surface area contributed by atoms with Crippen molar-refractivity contribution in [3.63, 3.8) is 0 Å². The highest BCUT2D eigenvalue weighted by molar-refractivity contribution is 6.31. The number of carbonyl (C=O) groups is 2. The summed E-state index contributed by atoms with van der Waals surface area (Å²) < 4.78 is 5.52. The largest absolute Gasteiger partial charge is 0.472 e. The molecule has 27 heavy (non-hydrogen) atoms. The van der Waals surface area contributed by atoms with E-state index in [0.29, 0.717) is 22.0 Å². The van der Waals surface area contributed by atoms with E-state index in [9.17, 15) is 9.59 Å². The number of nitrogens with two attached hydrogens (primary N) is 1. The van der Waals surface area contributed by atoms with Crippen LogP contribution in [0.4, 0.5) is 5.69 Å². The minimum Gasteiger partial charge on any atom is -0.472 e. The molecule has 0 aliphatic heterocycles. The number of hydrogen-bond acceptors (Lipinski definition) is 6. The average molecular weight is 384 g/mol. The SMILES string of the molecule is NC(=O)c1cncc(OCc2cc(NC(=O)c3ccccn3)ccc2Cl)n1. The predicted octanol–water partition coefficient (Wildman–Crippen LogP) is 2.46. The number of amides is 2. The first kappa shape index (κ1) is 18.3. The van der Waals surface area contributed by atoms with Crippen molar-refractivity contribution in [2.75, 3.05) is 5.32 Å². The summed E-state index contributed by atoms with van der Waals surface area (Å²) in [6, 6.07) is 10.0. The number of hydrogen-bond donors (Lipinski definition) is 2. The van der Waals surface area contributed by atoms with Crippen molar-refractivity contribution in [1.29, 1.82) is 0 Å². The minimum atomic E-state index is -0.704. The van der Waals surface area contributed by atoms with Gasteiger partial charge >= 0.3 is 0 Å². The van der Waals surface area contributed by atoms with Gasteiger partial charge in [-0.05, 0) is 30.3 Å². The lowest BCUT2D eigenvalue weighted by molar-refractivity contribution is 0.0991. The molecule has 0 spiro atoms. The Balaban J connectivity index is 1.71. The molecule has 0 saturated carbocycles. The first-order chi connectivity index (χ1) is 13.0. The number of pyridine rings is 1. The van der Waals surface area contributed by atoms with Crippen LogP contribution >= 0.6 is 11.6 Å². The molecule has 9 heteroatoms. The van der Waals surface area contributed by atoms with Gasteiger partial charge in [0.2, 0.25) is 5.88 Å². The third-order valence-corrected chi connectivity index (χ3v) is 3.81. The highest BCUT2D eigenvalue weighted by atomic mass is 35.5. The van der Waals surface area contributed by atoms with Crippen molar-refractivity contribution < 1.29 is 14.3 Å². The number of nitrogens with zero attached hydrogens (tertiary/aromatic N) is 3. The monoisotopic (exact) mass is 383 g/mol. The lowest BCUT2D eigenvalue weighted by Gasteiger charge is -2.10. The van der Waals surface area contributed by atoms with Gasteiger partial charge in [-0.3, -0.25) is 19.6 Å². The van der Waals surface area contributed by atoms with Crippen molar-refractivity contribution >= 4 is 29.1 Å². The van der Waals surface area contributed by atoms with Gasteiger partial charge in [0.1, 0.15) is 18.0 Å². The zero-order valence-corrected chi connectivity index (χ0v) is 14.7. The maximum Gasteiger partial charge on any atom is 0.274 e. The third kappa shape index (κ3) is 4.77. The number of benzene rings is 1. The number of primary amides is 1. The molecule has 1 aromatic carbocycles. The summed E-state index contributed by atoms with van der Waals surface area (Å²) in [5.41, 5.74) is 6.60. The topological polar surface area (TPSA) is 120 Å². The maximum absolute atomic E-state index is 12.2. The fraction of sp³-hybridized carbons (Fsp3) is 0.0556. The summed E-state index contributed by atoms with van der Waals surface area (Å²) in [6.45, 7) is 0.0586. The van der Waals surface area contributed by atoms with E-state index in [1.807, 2.05) is 0 Å². The summed E-state index contributed by atoms with van der Waals surface area (Å²) in [5.74, 6) is -0.916. The fourth-order valence-corrected chi connectivity index (χ4v) is 2.32. The number of ether oxygens (including phenoxy) is 1. The Morgan fingerprint density at radius 3 is 2.74 bits per heavy atom. The Hall–Kier alpha value is -3.52. The number of nitrogens with one attached hydrogen (secondary N) is 1. The molecule has 0 radical (unpaired) electrons. The summed E-state index contributed by atoms with van der Waals surface area (Å²) in [5, 5.41) is 3.19. The molecule has 3 N–H and O–H groups in total. The van der Waals surface area contributed by atoms with Crippen LogP contribution < -0.4 is 15.8 Å². The third-order valence-electron chi connectivity index (χ3n) is 3.44. The van der Waals surface area contributed by atoms with Crippen LogP contribution in [0.5, 0.6) is 5.88 Å². The molecule has 2 aromatic heterocycles. The van der Waals surface area contributed by atoms with Gasteiger partial charge in [-0.25, -0.2) is 4.98 Å². The Morgan fingerprint density at radius 1 is 1.15 bits per heavy atom. The summed E-state index contributed by atoms with van der Waals surface area (Å²) in [4.78, 5) is 35.1. The second-order valence-corrected chi connectivity index (χ2v) is 5.78. The van der Waals surface area contributed by atoms with E-state index in [2.05, 4.69) is 20.3 Å². The highest BCUT2D eigenvalue weighted by Crippen LogP contribution is 2.22. The lowest BCUT2D eigenvalue weighted by Crippen LogP contribution is -2.14. The number of aromatic nitrogens is 3. The Kier molecular flexibility index (Phi) is 5.58. The van der Waals surface area contributed by atoms with Crippen molar-refractivity contribution in [3.05, 3.63) is 77.0 Å². The van der Waals surface area contributed by atoms with Crippen LogP contribution in [0.2, 0.25) is 5.02 Å². The van der Waals surface area contributed by atoms with Crippen molar-refractivity contribution in [1.82, 2.24) is 15.0 Å². The zero-order chi connectivity index (χ0) is 19.2. The molecule has 2 heterocycles. The Labute approximate surface area is 159 Å². The number of rotatable bonds is 6. The standard InChI is InChI=1S/C18H14ClN5O3/c19-13-5-4-12(23-18(26)14-3-1-2-6-22-14)7-11(13)10-27-16-9-21-8-15(24-16)17(20)25/h1-9H,10H2,(H2,20,25)(H,23,26). The first-order valence-corrected chi connectivity index (χ1v) is 8.16. The molecule has 0 unspecified atom stereocenters. The molecule has 3 aromatic rings. The minimum absolute atomic E-state index is 0.00466. The number of anilines is 1. The normalized spacial score (nSPS) is 10.3. The van der Waals surface area contributed by atoms with Crippen LogP contribution in [0.25, 0.3) is 0 Å². The van der Waals surface area contributed by atoms with Gasteiger partial charge in [-0.15, -0.1) is 0 Å². The van der Waals surface area contributed by atoms with E-state index in [1.165, 1.54) is 18.6 Å². The van der Waals surface area contributed by atoms with Gasteiger partial charge < -0.3 is 15.8 Å². The van der Waals surface area contributed by atoms with Crippen molar-refractivity contribution in [2.24, 2.45) is 5.73 Å². The van der Waals surface area contributed by atoms with Crippen molar-refractivity contribution in [3.8, 4) is 5.88 Å². The van der Waals surface area contributed by atoms with E-state index < -0.39 is 5.91 Å². The Morgan fingerprint density at radius 2 is 2.00 bits per heavy atom. The zero-order valence-electron chi connectivity index (χ0n) is 13.9. The molecule has 0 aliphatic carbocycles. The molecule has 0 saturated heterocycles. The van der Waals surface area contributed by atoms with Crippen LogP contribution in [0.1, 0.15) is 26.5 Å². The van der Waals surface area contributed by atoms with Gasteiger partial charge in [-0.1, -0.05) is 17.7 Å². The van der Waals surface area contributed by atoms with Crippen molar-refractivity contribution in [2.45, 2.75) is 6.61 Å². The Bertz CT molecular complexity index is 982. The molecule has 0 fully saturated rings.